The van der Waals surface area contributed by atoms with Gasteiger partial charge in [-0.25, -0.2) is 14.4 Å². The van der Waals surface area contributed by atoms with E-state index in [1.165, 1.54) is 6.07 Å². The van der Waals surface area contributed by atoms with Crippen molar-refractivity contribution in [2.24, 2.45) is 0 Å². The summed E-state index contributed by atoms with van der Waals surface area (Å²) >= 11 is 6.28. The van der Waals surface area contributed by atoms with Crippen LogP contribution in [0.25, 0.3) is 5.52 Å². The number of anilines is 1. The van der Waals surface area contributed by atoms with E-state index in [0.717, 1.165) is 6.42 Å². The number of ether oxygens (including phenoxy) is 1. The molecule has 3 aromatic rings. The van der Waals surface area contributed by atoms with Crippen LogP contribution in [0.15, 0.2) is 18.5 Å². The zero-order valence-corrected chi connectivity index (χ0v) is 20.4. The maximum Gasteiger partial charge on any atom is 0.258 e. The van der Waals surface area contributed by atoms with Crippen molar-refractivity contribution in [3.63, 3.8) is 0 Å². The highest BCUT2D eigenvalue weighted by atomic mass is 35.5. The Morgan fingerprint density at radius 1 is 1.38 bits per heavy atom. The summed E-state index contributed by atoms with van der Waals surface area (Å²) in [4.78, 5) is 22.1. The predicted octanol–water partition coefficient (Wildman–Crippen LogP) is 3.99. The van der Waals surface area contributed by atoms with E-state index >= 15 is 4.39 Å². The third-order valence-corrected chi connectivity index (χ3v) is 6.49. The fourth-order valence-corrected chi connectivity index (χ4v) is 4.79. The van der Waals surface area contributed by atoms with Gasteiger partial charge >= 0.3 is 0 Å². The first kappa shape index (κ1) is 24.2. The van der Waals surface area contributed by atoms with Crippen LogP contribution in [-0.2, 0) is 0 Å². The Kier molecular flexibility index (Phi) is 6.69. The fraction of sp³-hybridized carbons (Fsp3) is 0.458. The molecule has 1 aromatic carbocycles. The number of fused-ring (bicyclic) bond motifs is 1. The zero-order valence-electron chi connectivity index (χ0n) is 19.6. The highest BCUT2D eigenvalue weighted by Crippen LogP contribution is 2.40. The Bertz CT molecular complexity index is 1250. The number of halogens is 2. The SMILES string of the molecule is Cc1nc([C@@H](C)c2cc(Cl)c(F)c(C(=O)N[C@H]3CCC[C@@H]3O)c2OC(C)C)n2ccnc(N)c12. The molecule has 4 N–H and O–H groups in total. The molecule has 0 spiro atoms. The van der Waals surface area contributed by atoms with Gasteiger partial charge in [-0.2, -0.15) is 0 Å². The van der Waals surface area contributed by atoms with Crippen molar-refractivity contribution in [3.8, 4) is 5.75 Å². The molecular formula is C24H29ClFN5O3. The number of benzene rings is 1. The molecule has 10 heteroatoms. The van der Waals surface area contributed by atoms with Crippen LogP contribution in [0.4, 0.5) is 10.2 Å². The van der Waals surface area contributed by atoms with Gasteiger partial charge in [-0.05, 0) is 46.1 Å². The van der Waals surface area contributed by atoms with E-state index in [2.05, 4.69) is 15.3 Å². The number of aryl methyl sites for hydroxylation is 1. The van der Waals surface area contributed by atoms with Crippen molar-refractivity contribution in [2.75, 3.05) is 5.73 Å². The number of imidazole rings is 1. The second-order valence-corrected chi connectivity index (χ2v) is 9.43. The first-order chi connectivity index (χ1) is 16.1. The number of hydrogen-bond donors (Lipinski definition) is 3. The van der Waals surface area contributed by atoms with Crippen molar-refractivity contribution in [2.45, 2.75) is 71.1 Å². The van der Waals surface area contributed by atoms with Crippen LogP contribution in [0, 0.1) is 12.7 Å². The second-order valence-electron chi connectivity index (χ2n) is 9.02. The summed E-state index contributed by atoms with van der Waals surface area (Å²) < 4.78 is 23.1. The minimum atomic E-state index is -0.865. The van der Waals surface area contributed by atoms with E-state index in [4.69, 9.17) is 22.1 Å². The minimum absolute atomic E-state index is 0.103. The first-order valence-electron chi connectivity index (χ1n) is 11.4. The third kappa shape index (κ3) is 4.30. The largest absolute Gasteiger partial charge is 0.490 e. The number of aliphatic hydroxyl groups excluding tert-OH is 1. The van der Waals surface area contributed by atoms with Gasteiger partial charge in [-0.15, -0.1) is 0 Å². The molecule has 0 saturated heterocycles. The van der Waals surface area contributed by atoms with Crippen LogP contribution in [0.1, 0.15) is 73.4 Å². The number of aliphatic hydroxyl groups is 1. The number of rotatable bonds is 6. The molecule has 0 bridgehead atoms. The molecule has 1 aliphatic carbocycles. The van der Waals surface area contributed by atoms with Crippen molar-refractivity contribution in [1.82, 2.24) is 19.7 Å². The fourth-order valence-electron chi connectivity index (χ4n) is 4.58. The van der Waals surface area contributed by atoms with Crippen LogP contribution in [0.3, 0.4) is 0 Å². The smallest absolute Gasteiger partial charge is 0.258 e. The third-order valence-electron chi connectivity index (χ3n) is 6.22. The molecule has 1 aliphatic rings. The number of carbonyl (C=O) groups excluding carboxylic acids is 1. The number of aromatic nitrogens is 3. The summed E-state index contributed by atoms with van der Waals surface area (Å²) in [6.07, 6.45) is 4.31. The molecule has 8 nitrogen and oxygen atoms in total. The molecule has 0 aliphatic heterocycles. The lowest BCUT2D eigenvalue weighted by molar-refractivity contribution is 0.0863. The normalized spacial score (nSPS) is 19.1. The molecule has 2 heterocycles. The Balaban J connectivity index is 1.86. The van der Waals surface area contributed by atoms with Crippen molar-refractivity contribution in [3.05, 3.63) is 51.9 Å². The van der Waals surface area contributed by atoms with Crippen molar-refractivity contribution < 1.29 is 19.0 Å². The number of nitrogens with one attached hydrogen (secondary N) is 1. The van der Waals surface area contributed by atoms with Crippen LogP contribution in [0.2, 0.25) is 5.02 Å². The molecule has 2 aromatic heterocycles. The molecule has 1 amide bonds. The van der Waals surface area contributed by atoms with Gasteiger partial charge in [-0.1, -0.05) is 18.5 Å². The molecule has 0 radical (unpaired) electrons. The van der Waals surface area contributed by atoms with Crippen LogP contribution in [0.5, 0.6) is 5.75 Å². The van der Waals surface area contributed by atoms with Crippen LogP contribution in [-0.4, -0.2) is 43.6 Å². The van der Waals surface area contributed by atoms with Gasteiger partial charge in [0.05, 0.1) is 29.0 Å². The lowest BCUT2D eigenvalue weighted by Crippen LogP contribution is -2.40. The number of hydrogen-bond acceptors (Lipinski definition) is 6. The first-order valence-corrected chi connectivity index (χ1v) is 11.7. The quantitative estimate of drug-likeness (QED) is 0.482. The lowest BCUT2D eigenvalue weighted by atomic mass is 9.95. The predicted molar refractivity (Wildman–Crippen MR) is 128 cm³/mol. The van der Waals surface area contributed by atoms with Gasteiger partial charge in [-0.3, -0.25) is 9.20 Å². The summed E-state index contributed by atoms with van der Waals surface area (Å²) in [5, 5.41) is 12.7. The zero-order chi connectivity index (χ0) is 24.7. The standard InChI is InChI=1S/C24H29ClFN5O3/c1-11(2)34-21-14(12(3)23-29-13(4)20-22(27)28-8-9-31(20)23)10-15(25)19(26)18(21)24(33)30-16-6-5-7-17(16)32/h8-12,16-17,32H,5-7H2,1-4H3,(H2,27,28)(H,30,33)/t12-,16-,17-/m0/s1. The Morgan fingerprint density at radius 2 is 2.12 bits per heavy atom. The van der Waals surface area contributed by atoms with E-state index in [-0.39, 0.29) is 22.4 Å². The van der Waals surface area contributed by atoms with Gasteiger partial charge in [0.1, 0.15) is 28.5 Å². The van der Waals surface area contributed by atoms with E-state index < -0.39 is 29.8 Å². The number of nitrogens with two attached hydrogens (primary N) is 1. The maximum absolute atomic E-state index is 15.3. The van der Waals surface area contributed by atoms with Crippen LogP contribution >= 0.6 is 11.6 Å². The van der Waals surface area contributed by atoms with E-state index in [1.807, 2.05) is 18.2 Å². The molecule has 0 unspecified atom stereocenters. The monoisotopic (exact) mass is 489 g/mol. The average molecular weight is 490 g/mol. The van der Waals surface area contributed by atoms with Crippen molar-refractivity contribution in [1.29, 1.82) is 0 Å². The molecule has 4 rings (SSSR count). The Morgan fingerprint density at radius 3 is 2.76 bits per heavy atom. The van der Waals surface area contributed by atoms with E-state index in [0.29, 0.717) is 41.3 Å². The van der Waals surface area contributed by atoms with Gasteiger partial charge in [0.25, 0.3) is 5.91 Å². The number of amides is 1. The van der Waals surface area contributed by atoms with E-state index in [9.17, 15) is 9.90 Å². The van der Waals surface area contributed by atoms with Crippen LogP contribution < -0.4 is 15.8 Å². The molecule has 3 atom stereocenters. The topological polar surface area (TPSA) is 115 Å². The minimum Gasteiger partial charge on any atom is -0.490 e. The van der Waals surface area contributed by atoms with Gasteiger partial charge in [0.2, 0.25) is 0 Å². The van der Waals surface area contributed by atoms with Gasteiger partial charge < -0.3 is 20.9 Å². The van der Waals surface area contributed by atoms with E-state index in [1.54, 1.807) is 26.2 Å². The molecule has 1 fully saturated rings. The average Bonchev–Trinajstić information content (AvgIpc) is 3.33. The van der Waals surface area contributed by atoms with Gasteiger partial charge in [0.15, 0.2) is 5.82 Å². The lowest BCUT2D eigenvalue weighted by Gasteiger charge is -2.24. The highest BCUT2D eigenvalue weighted by Gasteiger charge is 2.33. The summed E-state index contributed by atoms with van der Waals surface area (Å²) in [7, 11) is 0. The van der Waals surface area contributed by atoms with Crippen molar-refractivity contribution >= 4 is 28.8 Å². The molecule has 182 valence electrons. The molecule has 34 heavy (non-hydrogen) atoms. The number of nitrogens with zero attached hydrogens (tertiary/aromatic N) is 3. The number of nitrogen functional groups attached to an aromatic ring is 1. The summed E-state index contributed by atoms with van der Waals surface area (Å²) in [5.74, 6) is -0.903. The number of carbonyl (C=O) groups is 1. The maximum atomic E-state index is 15.3. The molecule has 1 saturated carbocycles. The summed E-state index contributed by atoms with van der Waals surface area (Å²) in [6, 6.07) is 1.02. The summed E-state index contributed by atoms with van der Waals surface area (Å²) in [5.41, 5.74) is 7.67. The Hall–Kier alpha value is -2.91. The van der Waals surface area contributed by atoms with Gasteiger partial charge in [0, 0.05) is 23.9 Å². The second kappa shape index (κ2) is 9.38. The molecular weight excluding hydrogens is 461 g/mol. The summed E-state index contributed by atoms with van der Waals surface area (Å²) in [6.45, 7) is 7.30. The highest BCUT2D eigenvalue weighted by molar-refractivity contribution is 6.31. The Labute approximate surface area is 202 Å².